The molecule has 0 radical (unpaired) electrons. The monoisotopic (exact) mass is 288 g/mol. The highest BCUT2D eigenvalue weighted by Gasteiger charge is 2.31. The molecular weight excluding hydrogens is 268 g/mol. The van der Waals surface area contributed by atoms with Crippen molar-refractivity contribution in [3.8, 4) is 0 Å². The summed E-state index contributed by atoms with van der Waals surface area (Å²) in [5, 5.41) is 12.3. The van der Waals surface area contributed by atoms with Crippen molar-refractivity contribution >= 4 is 11.8 Å². The SMILES string of the molecule is CCCn1nncc1C(NC)C1Cc2ccccc2S1. The number of aromatic nitrogens is 3. The third kappa shape index (κ3) is 2.47. The van der Waals surface area contributed by atoms with Crippen molar-refractivity contribution in [1.82, 2.24) is 20.3 Å². The topological polar surface area (TPSA) is 42.7 Å². The highest BCUT2D eigenvalue weighted by molar-refractivity contribution is 8.00. The molecule has 0 aliphatic carbocycles. The minimum atomic E-state index is 0.286. The number of hydrogen-bond acceptors (Lipinski definition) is 4. The number of benzene rings is 1. The van der Waals surface area contributed by atoms with Crippen molar-refractivity contribution in [3.05, 3.63) is 41.7 Å². The highest BCUT2D eigenvalue weighted by Crippen LogP contribution is 2.42. The fourth-order valence-electron chi connectivity index (χ4n) is 2.81. The van der Waals surface area contributed by atoms with Crippen LogP contribution >= 0.6 is 11.8 Å². The Morgan fingerprint density at radius 3 is 3.05 bits per heavy atom. The maximum atomic E-state index is 4.21. The van der Waals surface area contributed by atoms with Crippen molar-refractivity contribution in [2.24, 2.45) is 0 Å². The maximum Gasteiger partial charge on any atom is 0.0768 e. The van der Waals surface area contributed by atoms with Gasteiger partial charge in [0.05, 0.1) is 17.9 Å². The molecule has 1 N–H and O–H groups in total. The van der Waals surface area contributed by atoms with E-state index >= 15 is 0 Å². The number of fused-ring (bicyclic) bond motifs is 1. The van der Waals surface area contributed by atoms with Gasteiger partial charge in [-0.3, -0.25) is 0 Å². The molecule has 0 spiro atoms. The van der Waals surface area contributed by atoms with Gasteiger partial charge in [0, 0.05) is 16.7 Å². The molecule has 3 rings (SSSR count). The van der Waals surface area contributed by atoms with Crippen LogP contribution in [0.4, 0.5) is 0 Å². The summed E-state index contributed by atoms with van der Waals surface area (Å²) in [7, 11) is 2.03. The van der Waals surface area contributed by atoms with Crippen LogP contribution in [0.2, 0.25) is 0 Å². The lowest BCUT2D eigenvalue weighted by Gasteiger charge is -2.22. The summed E-state index contributed by atoms with van der Waals surface area (Å²) in [5.41, 5.74) is 2.65. The molecule has 2 atom stereocenters. The highest BCUT2D eigenvalue weighted by atomic mass is 32.2. The Labute approximate surface area is 124 Å². The lowest BCUT2D eigenvalue weighted by atomic mass is 10.0. The van der Waals surface area contributed by atoms with Gasteiger partial charge in [0.1, 0.15) is 0 Å². The maximum absolute atomic E-state index is 4.21. The summed E-state index contributed by atoms with van der Waals surface area (Å²) in [6.45, 7) is 3.10. The summed E-state index contributed by atoms with van der Waals surface area (Å²) in [5.74, 6) is 0. The molecule has 1 aliphatic heterocycles. The van der Waals surface area contributed by atoms with E-state index in [1.165, 1.54) is 16.2 Å². The van der Waals surface area contributed by atoms with E-state index in [0.717, 1.165) is 19.4 Å². The largest absolute Gasteiger partial charge is 0.311 e. The second kappa shape index (κ2) is 5.97. The van der Waals surface area contributed by atoms with Crippen molar-refractivity contribution in [1.29, 1.82) is 0 Å². The Morgan fingerprint density at radius 1 is 1.45 bits per heavy atom. The smallest absolute Gasteiger partial charge is 0.0768 e. The lowest BCUT2D eigenvalue weighted by molar-refractivity contribution is 0.482. The van der Waals surface area contributed by atoms with Gasteiger partial charge in [-0.1, -0.05) is 30.3 Å². The van der Waals surface area contributed by atoms with E-state index in [1.54, 1.807) is 0 Å². The zero-order valence-electron chi connectivity index (χ0n) is 11.9. The predicted octanol–water partition coefficient (Wildman–Crippen LogP) is 2.67. The number of thioether (sulfide) groups is 1. The van der Waals surface area contributed by atoms with Gasteiger partial charge in [-0.2, -0.15) is 0 Å². The predicted molar refractivity (Wildman–Crippen MR) is 81.9 cm³/mol. The molecule has 0 fully saturated rings. The van der Waals surface area contributed by atoms with E-state index in [0.29, 0.717) is 5.25 Å². The van der Waals surface area contributed by atoms with Gasteiger partial charge < -0.3 is 5.32 Å². The van der Waals surface area contributed by atoms with Gasteiger partial charge in [0.25, 0.3) is 0 Å². The molecule has 2 unspecified atom stereocenters. The normalized spacial score (nSPS) is 19.0. The van der Waals surface area contributed by atoms with Crippen LogP contribution in [0.5, 0.6) is 0 Å². The molecule has 1 aromatic carbocycles. The van der Waals surface area contributed by atoms with Gasteiger partial charge in [0.2, 0.25) is 0 Å². The summed E-state index contributed by atoms with van der Waals surface area (Å²) >= 11 is 1.96. The average molecular weight is 288 g/mol. The molecule has 0 amide bonds. The van der Waals surface area contributed by atoms with E-state index in [1.807, 2.05) is 29.7 Å². The quantitative estimate of drug-likeness (QED) is 0.918. The number of nitrogens with one attached hydrogen (secondary N) is 1. The second-order valence-corrected chi connectivity index (χ2v) is 6.40. The van der Waals surface area contributed by atoms with Gasteiger partial charge in [0.15, 0.2) is 0 Å². The summed E-state index contributed by atoms with van der Waals surface area (Å²) < 4.78 is 2.03. The zero-order chi connectivity index (χ0) is 13.9. The standard InChI is InChI=1S/C15H20N4S/c1-3-8-19-12(10-17-18-19)15(16-2)14-9-11-6-4-5-7-13(11)20-14/h4-7,10,14-16H,3,8-9H2,1-2H3. The molecular formula is C15H20N4S. The molecule has 1 aliphatic rings. The van der Waals surface area contributed by atoms with Crippen molar-refractivity contribution in [2.45, 2.75) is 42.5 Å². The molecule has 0 saturated heterocycles. The number of nitrogens with zero attached hydrogens (tertiary/aromatic N) is 3. The third-order valence-electron chi connectivity index (χ3n) is 3.76. The van der Waals surface area contributed by atoms with Crippen LogP contribution in [0, 0.1) is 0 Å². The Balaban J connectivity index is 1.83. The molecule has 5 heteroatoms. The van der Waals surface area contributed by atoms with E-state index in [4.69, 9.17) is 0 Å². The third-order valence-corrected chi connectivity index (χ3v) is 5.15. The first kappa shape index (κ1) is 13.6. The summed E-state index contributed by atoms with van der Waals surface area (Å²) in [4.78, 5) is 1.41. The molecule has 20 heavy (non-hydrogen) atoms. The number of aryl methyl sites for hydroxylation is 1. The molecule has 1 aromatic heterocycles. The van der Waals surface area contributed by atoms with Gasteiger partial charge >= 0.3 is 0 Å². The fourth-order valence-corrected chi connectivity index (χ4v) is 4.27. The van der Waals surface area contributed by atoms with Crippen LogP contribution < -0.4 is 5.32 Å². The van der Waals surface area contributed by atoms with Crippen molar-refractivity contribution < 1.29 is 0 Å². The van der Waals surface area contributed by atoms with Gasteiger partial charge in [-0.15, -0.1) is 16.9 Å². The Morgan fingerprint density at radius 2 is 2.30 bits per heavy atom. The first-order chi connectivity index (χ1) is 9.83. The summed E-state index contributed by atoms with van der Waals surface area (Å²) in [6.07, 6.45) is 4.08. The van der Waals surface area contributed by atoms with E-state index in [2.05, 4.69) is 46.8 Å². The van der Waals surface area contributed by atoms with E-state index in [9.17, 15) is 0 Å². The Kier molecular flexibility index (Phi) is 4.08. The van der Waals surface area contributed by atoms with Gasteiger partial charge in [-0.25, -0.2) is 4.68 Å². The van der Waals surface area contributed by atoms with Crippen LogP contribution in [0.1, 0.15) is 30.6 Å². The summed E-state index contributed by atoms with van der Waals surface area (Å²) in [6, 6.07) is 8.98. The molecule has 0 saturated carbocycles. The minimum absolute atomic E-state index is 0.286. The minimum Gasteiger partial charge on any atom is -0.311 e. The van der Waals surface area contributed by atoms with Crippen molar-refractivity contribution in [3.63, 3.8) is 0 Å². The Hall–Kier alpha value is -1.33. The van der Waals surface area contributed by atoms with Crippen LogP contribution in [0.25, 0.3) is 0 Å². The first-order valence-electron chi connectivity index (χ1n) is 7.13. The molecule has 2 heterocycles. The number of rotatable bonds is 5. The van der Waals surface area contributed by atoms with Crippen LogP contribution in [0.3, 0.4) is 0 Å². The van der Waals surface area contributed by atoms with Crippen LogP contribution in [0.15, 0.2) is 35.4 Å². The van der Waals surface area contributed by atoms with Crippen molar-refractivity contribution in [2.75, 3.05) is 7.05 Å². The molecule has 0 bridgehead atoms. The average Bonchev–Trinajstić information content (AvgIpc) is 3.07. The van der Waals surface area contributed by atoms with E-state index < -0.39 is 0 Å². The zero-order valence-corrected chi connectivity index (χ0v) is 12.7. The van der Waals surface area contributed by atoms with Crippen LogP contribution in [-0.4, -0.2) is 27.3 Å². The van der Waals surface area contributed by atoms with E-state index in [-0.39, 0.29) is 6.04 Å². The number of hydrogen-bond donors (Lipinski definition) is 1. The molecule has 106 valence electrons. The Bertz CT molecular complexity index is 556. The molecule has 4 nitrogen and oxygen atoms in total. The lowest BCUT2D eigenvalue weighted by Crippen LogP contribution is -2.29. The second-order valence-electron chi connectivity index (χ2n) is 5.12. The van der Waals surface area contributed by atoms with Gasteiger partial charge in [-0.05, 0) is 31.5 Å². The van der Waals surface area contributed by atoms with Crippen LogP contribution in [-0.2, 0) is 13.0 Å². The first-order valence-corrected chi connectivity index (χ1v) is 8.01. The fraction of sp³-hybridized carbons (Fsp3) is 0.467. The molecule has 2 aromatic rings.